The van der Waals surface area contributed by atoms with E-state index >= 15 is 0 Å². The van der Waals surface area contributed by atoms with Gasteiger partial charge in [-0.15, -0.1) is 0 Å². The molecule has 0 aliphatic carbocycles. The molecule has 2 N–H and O–H groups in total. The number of imidazole rings is 1. The maximum atomic E-state index is 12.6. The van der Waals surface area contributed by atoms with E-state index in [0.717, 1.165) is 29.6 Å². The first kappa shape index (κ1) is 20.6. The molecule has 1 atom stereocenters. The Morgan fingerprint density at radius 3 is 2.52 bits per heavy atom. The van der Waals surface area contributed by atoms with Gasteiger partial charge in [-0.05, 0) is 30.0 Å². The monoisotopic (exact) mass is 392 g/mol. The third-order valence-electron chi connectivity index (χ3n) is 4.88. The number of amides is 2. The van der Waals surface area contributed by atoms with Crippen molar-refractivity contribution in [1.29, 1.82) is 0 Å². The van der Waals surface area contributed by atoms with Crippen LogP contribution in [-0.4, -0.2) is 34.0 Å². The number of nitrogens with zero attached hydrogens (tertiary/aromatic N) is 2. The van der Waals surface area contributed by atoms with Crippen LogP contribution in [0.3, 0.4) is 0 Å². The Morgan fingerprint density at radius 1 is 1.03 bits per heavy atom. The highest BCUT2D eigenvalue weighted by Crippen LogP contribution is 2.12. The zero-order chi connectivity index (χ0) is 20.6. The summed E-state index contributed by atoms with van der Waals surface area (Å²) in [5.74, 6) is -0.279. The number of rotatable bonds is 9. The van der Waals surface area contributed by atoms with Crippen molar-refractivity contribution in [3.63, 3.8) is 0 Å². The Balaban J connectivity index is 1.47. The normalized spacial score (nSPS) is 12.1. The summed E-state index contributed by atoms with van der Waals surface area (Å²) in [4.78, 5) is 29.3. The van der Waals surface area contributed by atoms with E-state index in [2.05, 4.69) is 20.2 Å². The Morgan fingerprint density at radius 2 is 1.76 bits per heavy atom. The number of hydrogen-bond acceptors (Lipinski definition) is 3. The largest absolute Gasteiger partial charge is 0.354 e. The van der Waals surface area contributed by atoms with Gasteiger partial charge in [-0.3, -0.25) is 9.59 Å². The third-order valence-corrected chi connectivity index (χ3v) is 4.88. The SMILES string of the molecule is CC(C)[C@H](NC(=O)Cc1ccccc1)C(=O)NCCCn1cnc2ccccc21. The van der Waals surface area contributed by atoms with Crippen molar-refractivity contribution in [1.82, 2.24) is 20.2 Å². The minimum absolute atomic E-state index is 0.00677. The van der Waals surface area contributed by atoms with Gasteiger partial charge in [0.2, 0.25) is 11.8 Å². The van der Waals surface area contributed by atoms with Crippen LogP contribution in [0.1, 0.15) is 25.8 Å². The van der Waals surface area contributed by atoms with Crippen LogP contribution in [0.5, 0.6) is 0 Å². The Bertz CT molecular complexity index is 950. The smallest absolute Gasteiger partial charge is 0.242 e. The highest BCUT2D eigenvalue weighted by molar-refractivity contribution is 5.88. The number of para-hydroxylation sites is 2. The lowest BCUT2D eigenvalue weighted by atomic mass is 10.0. The van der Waals surface area contributed by atoms with Gasteiger partial charge in [0, 0.05) is 13.1 Å². The lowest BCUT2D eigenvalue weighted by Gasteiger charge is -2.22. The number of nitrogens with one attached hydrogen (secondary N) is 2. The van der Waals surface area contributed by atoms with Gasteiger partial charge in [-0.25, -0.2) is 4.98 Å². The zero-order valence-corrected chi connectivity index (χ0v) is 17.0. The number of benzene rings is 2. The molecule has 0 fully saturated rings. The average molecular weight is 393 g/mol. The van der Waals surface area contributed by atoms with Crippen LogP contribution >= 0.6 is 0 Å². The first-order valence-corrected chi connectivity index (χ1v) is 10.1. The number of aryl methyl sites for hydroxylation is 1. The molecule has 0 radical (unpaired) electrons. The van der Waals surface area contributed by atoms with E-state index in [0.29, 0.717) is 6.54 Å². The summed E-state index contributed by atoms with van der Waals surface area (Å²) in [6.45, 7) is 5.19. The van der Waals surface area contributed by atoms with E-state index in [1.165, 1.54) is 0 Å². The molecule has 152 valence electrons. The van der Waals surface area contributed by atoms with Crippen LogP contribution in [0.25, 0.3) is 11.0 Å². The molecule has 0 aliphatic rings. The average Bonchev–Trinajstić information content (AvgIpc) is 3.13. The predicted octanol–water partition coefficient (Wildman–Crippen LogP) is 2.93. The molecule has 3 rings (SSSR count). The van der Waals surface area contributed by atoms with Crippen molar-refractivity contribution in [2.45, 2.75) is 39.3 Å². The molecule has 0 unspecified atom stereocenters. The second kappa shape index (κ2) is 9.87. The molecule has 6 nitrogen and oxygen atoms in total. The summed E-state index contributed by atoms with van der Waals surface area (Å²) in [6.07, 6.45) is 2.88. The molecule has 2 aromatic carbocycles. The van der Waals surface area contributed by atoms with Crippen LogP contribution in [-0.2, 0) is 22.6 Å². The molecule has 0 spiro atoms. The fourth-order valence-electron chi connectivity index (χ4n) is 3.30. The Kier molecular flexibility index (Phi) is 7.00. The lowest BCUT2D eigenvalue weighted by molar-refractivity contribution is -0.129. The topological polar surface area (TPSA) is 76.0 Å². The van der Waals surface area contributed by atoms with Crippen molar-refractivity contribution in [3.05, 3.63) is 66.5 Å². The first-order chi connectivity index (χ1) is 14.0. The van der Waals surface area contributed by atoms with Crippen molar-refractivity contribution in [2.75, 3.05) is 6.54 Å². The first-order valence-electron chi connectivity index (χ1n) is 10.1. The zero-order valence-electron chi connectivity index (χ0n) is 17.0. The summed E-state index contributed by atoms with van der Waals surface area (Å²) in [6, 6.07) is 17.0. The van der Waals surface area contributed by atoms with Gasteiger partial charge >= 0.3 is 0 Å². The maximum absolute atomic E-state index is 12.6. The van der Waals surface area contributed by atoms with E-state index < -0.39 is 6.04 Å². The fourth-order valence-corrected chi connectivity index (χ4v) is 3.30. The number of hydrogen-bond donors (Lipinski definition) is 2. The molecular formula is C23H28N4O2. The predicted molar refractivity (Wildman–Crippen MR) is 114 cm³/mol. The lowest BCUT2D eigenvalue weighted by Crippen LogP contribution is -2.50. The van der Waals surface area contributed by atoms with E-state index in [9.17, 15) is 9.59 Å². The van der Waals surface area contributed by atoms with Gasteiger partial charge < -0.3 is 15.2 Å². The summed E-state index contributed by atoms with van der Waals surface area (Å²) in [5, 5.41) is 5.83. The molecule has 0 bridgehead atoms. The third kappa shape index (κ3) is 5.67. The van der Waals surface area contributed by atoms with Gasteiger partial charge in [0.05, 0.1) is 23.8 Å². The van der Waals surface area contributed by atoms with E-state index in [1.54, 1.807) is 0 Å². The Hall–Kier alpha value is -3.15. The Labute approximate surface area is 171 Å². The highest BCUT2D eigenvalue weighted by Gasteiger charge is 2.23. The molecule has 1 heterocycles. The molecule has 6 heteroatoms. The second-order valence-electron chi connectivity index (χ2n) is 7.52. The summed E-state index contributed by atoms with van der Waals surface area (Å²) in [7, 11) is 0. The van der Waals surface area contributed by atoms with Crippen LogP contribution in [0, 0.1) is 5.92 Å². The molecule has 0 saturated heterocycles. The van der Waals surface area contributed by atoms with Crippen molar-refractivity contribution < 1.29 is 9.59 Å². The second-order valence-corrected chi connectivity index (χ2v) is 7.52. The van der Waals surface area contributed by atoms with Crippen molar-refractivity contribution >= 4 is 22.8 Å². The van der Waals surface area contributed by atoms with Crippen LogP contribution in [0.15, 0.2) is 60.9 Å². The molecule has 0 aliphatic heterocycles. The fraction of sp³-hybridized carbons (Fsp3) is 0.348. The number of fused-ring (bicyclic) bond motifs is 1. The summed E-state index contributed by atoms with van der Waals surface area (Å²) >= 11 is 0. The maximum Gasteiger partial charge on any atom is 0.242 e. The minimum atomic E-state index is -0.541. The molecular weight excluding hydrogens is 364 g/mol. The van der Waals surface area contributed by atoms with Gasteiger partial charge in [0.25, 0.3) is 0 Å². The highest BCUT2D eigenvalue weighted by atomic mass is 16.2. The van der Waals surface area contributed by atoms with E-state index in [4.69, 9.17) is 0 Å². The molecule has 3 aromatic rings. The summed E-state index contributed by atoms with van der Waals surface area (Å²) in [5.41, 5.74) is 2.99. The minimum Gasteiger partial charge on any atom is -0.354 e. The molecule has 1 aromatic heterocycles. The van der Waals surface area contributed by atoms with Crippen LogP contribution in [0.2, 0.25) is 0 Å². The molecule has 29 heavy (non-hydrogen) atoms. The van der Waals surface area contributed by atoms with Crippen LogP contribution < -0.4 is 10.6 Å². The quantitative estimate of drug-likeness (QED) is 0.550. The van der Waals surface area contributed by atoms with Gasteiger partial charge in [0.1, 0.15) is 6.04 Å². The molecule has 2 amide bonds. The van der Waals surface area contributed by atoms with Crippen LogP contribution in [0.4, 0.5) is 0 Å². The molecule has 0 saturated carbocycles. The van der Waals surface area contributed by atoms with E-state index in [1.807, 2.05) is 74.8 Å². The van der Waals surface area contributed by atoms with Gasteiger partial charge in [0.15, 0.2) is 0 Å². The van der Waals surface area contributed by atoms with Crippen molar-refractivity contribution in [3.8, 4) is 0 Å². The number of carbonyl (C=O) groups is 2. The van der Waals surface area contributed by atoms with Crippen molar-refractivity contribution in [2.24, 2.45) is 5.92 Å². The summed E-state index contributed by atoms with van der Waals surface area (Å²) < 4.78 is 2.09. The standard InChI is InChI=1S/C23H28N4O2/c1-17(2)22(26-21(28)15-18-9-4-3-5-10-18)23(29)24-13-8-14-27-16-25-19-11-6-7-12-20(19)27/h3-7,9-12,16-17,22H,8,13-15H2,1-2H3,(H,24,29)(H,26,28)/t22-/m0/s1. The number of carbonyl (C=O) groups excluding carboxylic acids is 2. The van der Waals surface area contributed by atoms with Gasteiger partial charge in [-0.2, -0.15) is 0 Å². The number of aromatic nitrogens is 2. The van der Waals surface area contributed by atoms with Gasteiger partial charge in [-0.1, -0.05) is 56.3 Å². The van der Waals surface area contributed by atoms with E-state index in [-0.39, 0.29) is 24.2 Å².